The van der Waals surface area contributed by atoms with Gasteiger partial charge in [-0.2, -0.15) is 0 Å². The molecule has 2 fully saturated rings. The Labute approximate surface area is 192 Å². The summed E-state index contributed by atoms with van der Waals surface area (Å²) >= 11 is 0. The number of benzene rings is 2. The number of nitrogens with one attached hydrogen (secondary N) is 1. The van der Waals surface area contributed by atoms with Gasteiger partial charge in [-0.1, -0.05) is 61.4 Å². The van der Waals surface area contributed by atoms with Crippen LogP contribution in [0.25, 0.3) is 11.1 Å². The van der Waals surface area contributed by atoms with E-state index in [1.54, 1.807) is 4.90 Å². The second kappa shape index (κ2) is 8.89. The van der Waals surface area contributed by atoms with Crippen LogP contribution < -0.4 is 5.32 Å². The summed E-state index contributed by atoms with van der Waals surface area (Å²) < 4.78 is 5.50. The van der Waals surface area contributed by atoms with E-state index in [4.69, 9.17) is 4.74 Å². The molecule has 1 aliphatic heterocycles. The van der Waals surface area contributed by atoms with E-state index in [2.05, 4.69) is 17.4 Å². The van der Waals surface area contributed by atoms with Crippen molar-refractivity contribution < 1.29 is 24.2 Å². The molecule has 2 aromatic rings. The van der Waals surface area contributed by atoms with E-state index in [0.29, 0.717) is 19.0 Å². The lowest BCUT2D eigenvalue weighted by atomic mass is 9.93. The molecule has 0 spiro atoms. The van der Waals surface area contributed by atoms with E-state index in [0.717, 1.165) is 34.6 Å². The molecule has 7 nitrogen and oxygen atoms in total. The molecule has 172 valence electrons. The number of hydrogen-bond donors (Lipinski definition) is 2. The third kappa shape index (κ3) is 4.58. The Morgan fingerprint density at radius 1 is 0.970 bits per heavy atom. The summed E-state index contributed by atoms with van der Waals surface area (Å²) in [4.78, 5) is 38.4. The summed E-state index contributed by atoms with van der Waals surface area (Å²) in [6.07, 6.45) is 2.44. The fourth-order valence-electron chi connectivity index (χ4n) is 5.10. The van der Waals surface area contributed by atoms with Crippen molar-refractivity contribution in [3.63, 3.8) is 0 Å². The van der Waals surface area contributed by atoms with Gasteiger partial charge in [-0.05, 0) is 40.5 Å². The molecule has 0 aromatic heterocycles. The highest BCUT2D eigenvalue weighted by molar-refractivity contribution is 5.89. The van der Waals surface area contributed by atoms with Crippen molar-refractivity contribution in [3.8, 4) is 11.1 Å². The van der Waals surface area contributed by atoms with Crippen LogP contribution in [0, 0.1) is 11.8 Å². The van der Waals surface area contributed by atoms with Crippen LogP contribution in [0.5, 0.6) is 0 Å². The summed E-state index contributed by atoms with van der Waals surface area (Å²) in [5.74, 6) is -0.307. The van der Waals surface area contributed by atoms with E-state index in [1.807, 2.05) is 36.4 Å². The van der Waals surface area contributed by atoms with Gasteiger partial charge in [-0.15, -0.1) is 0 Å². The predicted octanol–water partition coefficient (Wildman–Crippen LogP) is 3.63. The van der Waals surface area contributed by atoms with Crippen molar-refractivity contribution in [1.82, 2.24) is 10.2 Å². The number of ether oxygens (including phenoxy) is 1. The number of likely N-dealkylation sites (tertiary alicyclic amines) is 1. The molecule has 2 aromatic carbocycles. The van der Waals surface area contributed by atoms with Crippen LogP contribution in [0.4, 0.5) is 4.79 Å². The first-order chi connectivity index (χ1) is 16.0. The second-order valence-electron chi connectivity index (χ2n) is 9.41. The van der Waals surface area contributed by atoms with Gasteiger partial charge in [0.25, 0.3) is 0 Å². The Kier molecular flexibility index (Phi) is 5.79. The number of nitrogens with zero attached hydrogens (tertiary/aromatic N) is 1. The summed E-state index contributed by atoms with van der Waals surface area (Å²) in [6.45, 7) is 1.39. The van der Waals surface area contributed by atoms with Crippen LogP contribution in [0.15, 0.2) is 48.5 Å². The lowest BCUT2D eigenvalue weighted by Gasteiger charge is -2.41. The molecule has 2 aliphatic carbocycles. The molecular formula is C26H28N2O5. The van der Waals surface area contributed by atoms with Crippen molar-refractivity contribution in [1.29, 1.82) is 0 Å². The van der Waals surface area contributed by atoms with E-state index >= 15 is 0 Å². The van der Waals surface area contributed by atoms with Crippen LogP contribution in [-0.2, 0) is 14.3 Å². The summed E-state index contributed by atoms with van der Waals surface area (Å²) in [7, 11) is 0. The number of carboxylic acid groups (broad SMARTS) is 1. The summed E-state index contributed by atoms with van der Waals surface area (Å²) in [6, 6.07) is 14.9. The Bertz CT molecular complexity index is 1030. The maximum absolute atomic E-state index is 12.8. The van der Waals surface area contributed by atoms with Gasteiger partial charge in [0.2, 0.25) is 5.91 Å². The molecule has 0 radical (unpaired) electrons. The highest BCUT2D eigenvalue weighted by Crippen LogP contribution is 2.44. The molecule has 33 heavy (non-hydrogen) atoms. The normalized spacial score (nSPS) is 18.1. The predicted molar refractivity (Wildman–Crippen MR) is 122 cm³/mol. The monoisotopic (exact) mass is 448 g/mol. The van der Waals surface area contributed by atoms with Gasteiger partial charge in [0.15, 0.2) is 0 Å². The number of fused-ring (bicyclic) bond motifs is 3. The average Bonchev–Trinajstić information content (AvgIpc) is 3.54. The molecule has 1 saturated carbocycles. The maximum atomic E-state index is 12.8. The molecule has 1 saturated heterocycles. The SMILES string of the molecule is O=C(O)CC(NC(=O)OCC1c2ccccc2-c2ccccc21)C(=O)N1CC(CC2CC2)C1. The van der Waals surface area contributed by atoms with E-state index in [-0.39, 0.29) is 18.4 Å². The van der Waals surface area contributed by atoms with Crippen LogP contribution in [0.2, 0.25) is 0 Å². The first-order valence-electron chi connectivity index (χ1n) is 11.6. The number of aliphatic carboxylic acids is 1. The van der Waals surface area contributed by atoms with Crippen molar-refractivity contribution in [2.24, 2.45) is 11.8 Å². The quantitative estimate of drug-likeness (QED) is 0.643. The standard InChI is InChI=1S/C26H28N2O5/c29-24(30)12-23(25(31)28-13-17(14-28)11-16-9-10-16)27-26(32)33-15-22-20-7-3-1-5-18(20)19-6-2-4-8-21(19)22/h1-8,16-17,22-23H,9-15H2,(H,27,32)(H,29,30). The summed E-state index contributed by atoms with van der Waals surface area (Å²) in [5, 5.41) is 11.8. The Morgan fingerprint density at radius 3 is 2.15 bits per heavy atom. The highest BCUT2D eigenvalue weighted by Gasteiger charge is 2.39. The molecular weight excluding hydrogens is 420 g/mol. The zero-order chi connectivity index (χ0) is 22.9. The number of hydrogen-bond acceptors (Lipinski definition) is 4. The number of carboxylic acids is 1. The van der Waals surface area contributed by atoms with Crippen molar-refractivity contribution in [2.45, 2.75) is 37.6 Å². The van der Waals surface area contributed by atoms with Gasteiger partial charge in [-0.25, -0.2) is 4.79 Å². The Balaban J connectivity index is 1.20. The van der Waals surface area contributed by atoms with E-state index in [1.165, 1.54) is 12.8 Å². The fraction of sp³-hybridized carbons (Fsp3) is 0.423. The van der Waals surface area contributed by atoms with Gasteiger partial charge >= 0.3 is 12.1 Å². The minimum absolute atomic E-state index is 0.102. The number of rotatable bonds is 8. The topological polar surface area (TPSA) is 95.9 Å². The Morgan fingerprint density at radius 2 is 1.58 bits per heavy atom. The number of alkyl carbamates (subject to hydrolysis) is 1. The maximum Gasteiger partial charge on any atom is 0.407 e. The molecule has 1 atom stereocenters. The molecule has 7 heteroatoms. The number of carbonyl (C=O) groups excluding carboxylic acids is 2. The van der Waals surface area contributed by atoms with E-state index < -0.39 is 24.5 Å². The van der Waals surface area contributed by atoms with Gasteiger partial charge in [0.1, 0.15) is 12.6 Å². The lowest BCUT2D eigenvalue weighted by Crippen LogP contribution is -2.57. The zero-order valence-electron chi connectivity index (χ0n) is 18.4. The largest absolute Gasteiger partial charge is 0.481 e. The third-order valence-corrected chi connectivity index (χ3v) is 6.95. The average molecular weight is 449 g/mol. The summed E-state index contributed by atoms with van der Waals surface area (Å²) in [5.41, 5.74) is 4.43. The molecule has 2 N–H and O–H groups in total. The van der Waals surface area contributed by atoms with Crippen LogP contribution in [0.1, 0.15) is 42.7 Å². The van der Waals surface area contributed by atoms with Crippen LogP contribution in [0.3, 0.4) is 0 Å². The van der Waals surface area contributed by atoms with Gasteiger partial charge in [0.05, 0.1) is 6.42 Å². The molecule has 0 bridgehead atoms. The number of amides is 2. The lowest BCUT2D eigenvalue weighted by molar-refractivity contribution is -0.145. The van der Waals surface area contributed by atoms with Crippen molar-refractivity contribution in [2.75, 3.05) is 19.7 Å². The fourth-order valence-corrected chi connectivity index (χ4v) is 5.10. The second-order valence-corrected chi connectivity index (χ2v) is 9.41. The molecule has 2 amide bonds. The first kappa shape index (κ1) is 21.5. The minimum Gasteiger partial charge on any atom is -0.481 e. The van der Waals surface area contributed by atoms with Crippen LogP contribution in [-0.4, -0.2) is 53.7 Å². The zero-order valence-corrected chi connectivity index (χ0v) is 18.4. The molecule has 1 heterocycles. The molecule has 3 aliphatic rings. The van der Waals surface area contributed by atoms with Gasteiger partial charge in [0, 0.05) is 19.0 Å². The third-order valence-electron chi connectivity index (χ3n) is 6.95. The van der Waals surface area contributed by atoms with Crippen molar-refractivity contribution >= 4 is 18.0 Å². The minimum atomic E-state index is -1.14. The van der Waals surface area contributed by atoms with E-state index in [9.17, 15) is 19.5 Å². The smallest absolute Gasteiger partial charge is 0.407 e. The highest BCUT2D eigenvalue weighted by atomic mass is 16.5. The van der Waals surface area contributed by atoms with Gasteiger partial charge < -0.3 is 20.1 Å². The number of carbonyl (C=O) groups is 3. The van der Waals surface area contributed by atoms with Crippen molar-refractivity contribution in [3.05, 3.63) is 59.7 Å². The van der Waals surface area contributed by atoms with Gasteiger partial charge in [-0.3, -0.25) is 9.59 Å². The molecule has 5 rings (SSSR count). The molecule has 1 unspecified atom stereocenters. The van der Waals surface area contributed by atoms with Crippen LogP contribution >= 0.6 is 0 Å². The first-order valence-corrected chi connectivity index (χ1v) is 11.6. The Hall–Kier alpha value is -3.35.